The molecule has 0 aromatic heterocycles. The van der Waals surface area contributed by atoms with Crippen LogP contribution in [0.1, 0.15) is 18.1 Å². The molecule has 2 aromatic carbocycles. The van der Waals surface area contributed by atoms with E-state index in [2.05, 4.69) is 15.8 Å². The van der Waals surface area contributed by atoms with Crippen molar-refractivity contribution in [2.24, 2.45) is 5.10 Å². The van der Waals surface area contributed by atoms with Crippen molar-refractivity contribution >= 4 is 17.8 Å². The average Bonchev–Trinajstić information content (AvgIpc) is 2.61. The van der Waals surface area contributed by atoms with Crippen LogP contribution in [-0.2, 0) is 4.79 Å². The van der Waals surface area contributed by atoms with Gasteiger partial charge in [-0.1, -0.05) is 12.1 Å². The van der Waals surface area contributed by atoms with Gasteiger partial charge in [0.05, 0.1) is 20.4 Å². The van der Waals surface area contributed by atoms with E-state index in [0.717, 1.165) is 16.8 Å². The molecule has 6 nitrogen and oxygen atoms in total. The van der Waals surface area contributed by atoms with Gasteiger partial charge in [0.15, 0.2) is 11.5 Å². The first kappa shape index (κ1) is 18.3. The van der Waals surface area contributed by atoms with E-state index < -0.39 is 6.04 Å². The van der Waals surface area contributed by atoms with Crippen molar-refractivity contribution < 1.29 is 14.3 Å². The van der Waals surface area contributed by atoms with Gasteiger partial charge in [0, 0.05) is 5.69 Å². The maximum Gasteiger partial charge on any atom is 0.262 e. The number of aryl methyl sites for hydroxylation is 1. The number of amides is 1. The van der Waals surface area contributed by atoms with E-state index in [1.165, 1.54) is 0 Å². The Morgan fingerprint density at radius 2 is 1.88 bits per heavy atom. The lowest BCUT2D eigenvalue weighted by molar-refractivity contribution is -0.121. The maximum atomic E-state index is 12.1. The fourth-order valence-electron chi connectivity index (χ4n) is 2.25. The highest BCUT2D eigenvalue weighted by Crippen LogP contribution is 2.26. The van der Waals surface area contributed by atoms with Gasteiger partial charge >= 0.3 is 0 Å². The molecule has 0 aliphatic heterocycles. The summed E-state index contributed by atoms with van der Waals surface area (Å²) in [6, 6.07) is 12.8. The zero-order valence-electron chi connectivity index (χ0n) is 14.9. The zero-order valence-corrected chi connectivity index (χ0v) is 14.9. The maximum absolute atomic E-state index is 12.1. The van der Waals surface area contributed by atoms with Gasteiger partial charge in [-0.15, -0.1) is 0 Å². The summed E-state index contributed by atoms with van der Waals surface area (Å²) in [5, 5.41) is 7.13. The third-order valence-electron chi connectivity index (χ3n) is 3.59. The Bertz CT molecular complexity index is 759. The van der Waals surface area contributed by atoms with Crippen LogP contribution in [0.4, 0.5) is 5.69 Å². The molecular formula is C19H23N3O3. The fourth-order valence-corrected chi connectivity index (χ4v) is 2.25. The summed E-state index contributed by atoms with van der Waals surface area (Å²) in [6.45, 7) is 3.78. The van der Waals surface area contributed by atoms with Crippen molar-refractivity contribution in [1.82, 2.24) is 5.43 Å². The van der Waals surface area contributed by atoms with E-state index in [-0.39, 0.29) is 5.91 Å². The first-order chi connectivity index (χ1) is 12.0. The molecule has 0 fully saturated rings. The van der Waals surface area contributed by atoms with E-state index in [1.54, 1.807) is 39.5 Å². The molecule has 2 N–H and O–H groups in total. The summed E-state index contributed by atoms with van der Waals surface area (Å²) in [7, 11) is 3.15. The van der Waals surface area contributed by atoms with Crippen molar-refractivity contribution in [3.05, 3.63) is 53.6 Å². The predicted octanol–water partition coefficient (Wildman–Crippen LogP) is 2.96. The molecule has 0 bridgehead atoms. The highest BCUT2D eigenvalue weighted by molar-refractivity contribution is 5.86. The first-order valence-electron chi connectivity index (χ1n) is 7.91. The van der Waals surface area contributed by atoms with Crippen molar-refractivity contribution in [2.75, 3.05) is 19.5 Å². The highest BCUT2D eigenvalue weighted by atomic mass is 16.5. The third-order valence-corrected chi connectivity index (χ3v) is 3.59. The topological polar surface area (TPSA) is 72.0 Å². The number of carbonyl (C=O) groups is 1. The summed E-state index contributed by atoms with van der Waals surface area (Å²) < 4.78 is 10.4. The van der Waals surface area contributed by atoms with Crippen LogP contribution in [0.15, 0.2) is 47.6 Å². The molecular weight excluding hydrogens is 318 g/mol. The van der Waals surface area contributed by atoms with E-state index in [9.17, 15) is 4.79 Å². The zero-order chi connectivity index (χ0) is 18.2. The van der Waals surface area contributed by atoms with Crippen LogP contribution < -0.4 is 20.2 Å². The van der Waals surface area contributed by atoms with Crippen LogP contribution >= 0.6 is 0 Å². The van der Waals surface area contributed by atoms with E-state index in [0.29, 0.717) is 11.5 Å². The van der Waals surface area contributed by atoms with Gasteiger partial charge in [-0.2, -0.15) is 5.10 Å². The normalized spacial score (nSPS) is 11.8. The number of nitrogens with zero attached hydrogens (tertiary/aromatic N) is 1. The molecule has 0 aliphatic rings. The smallest absolute Gasteiger partial charge is 0.262 e. The largest absolute Gasteiger partial charge is 0.493 e. The van der Waals surface area contributed by atoms with Crippen LogP contribution in [-0.4, -0.2) is 32.4 Å². The Morgan fingerprint density at radius 3 is 2.56 bits per heavy atom. The molecule has 132 valence electrons. The van der Waals surface area contributed by atoms with E-state index >= 15 is 0 Å². The summed E-state index contributed by atoms with van der Waals surface area (Å²) in [5.41, 5.74) is 5.34. The minimum atomic E-state index is -0.413. The molecule has 0 saturated carbocycles. The van der Waals surface area contributed by atoms with Crippen LogP contribution in [0, 0.1) is 6.92 Å². The lowest BCUT2D eigenvalue weighted by Crippen LogP contribution is -2.34. The fraction of sp³-hybridized carbons (Fsp3) is 0.263. The summed E-state index contributed by atoms with van der Waals surface area (Å²) in [4.78, 5) is 12.1. The van der Waals surface area contributed by atoms with Gasteiger partial charge in [0.2, 0.25) is 0 Å². The number of ether oxygens (including phenoxy) is 2. The predicted molar refractivity (Wildman–Crippen MR) is 99.5 cm³/mol. The standard InChI is InChI=1S/C19H23N3O3/c1-13-6-5-7-16(10-13)21-14(2)19(23)22-20-12-15-8-9-17(24-3)18(11-15)25-4/h5-12,14,21H,1-4H3,(H,22,23)/b20-12-/t14-/m0/s1. The Hall–Kier alpha value is -3.02. The second-order valence-electron chi connectivity index (χ2n) is 5.58. The van der Waals surface area contributed by atoms with E-state index in [4.69, 9.17) is 9.47 Å². The Labute approximate surface area is 147 Å². The molecule has 25 heavy (non-hydrogen) atoms. The average molecular weight is 341 g/mol. The lowest BCUT2D eigenvalue weighted by atomic mass is 10.2. The van der Waals surface area contributed by atoms with Gasteiger partial charge in [0.1, 0.15) is 6.04 Å². The molecule has 1 atom stereocenters. The van der Waals surface area contributed by atoms with Crippen LogP contribution in [0.3, 0.4) is 0 Å². The Morgan fingerprint density at radius 1 is 1.12 bits per heavy atom. The molecule has 0 saturated heterocycles. The highest BCUT2D eigenvalue weighted by Gasteiger charge is 2.11. The van der Waals surface area contributed by atoms with E-state index in [1.807, 2.05) is 37.3 Å². The van der Waals surface area contributed by atoms with Gasteiger partial charge in [-0.25, -0.2) is 5.43 Å². The van der Waals surface area contributed by atoms with Crippen molar-refractivity contribution in [3.8, 4) is 11.5 Å². The summed E-state index contributed by atoms with van der Waals surface area (Å²) >= 11 is 0. The number of hydrogen-bond acceptors (Lipinski definition) is 5. The quantitative estimate of drug-likeness (QED) is 0.600. The summed E-state index contributed by atoms with van der Waals surface area (Å²) in [5.74, 6) is 1.02. The monoisotopic (exact) mass is 341 g/mol. The Kier molecular flexibility index (Phi) is 6.39. The second-order valence-corrected chi connectivity index (χ2v) is 5.58. The van der Waals surface area contributed by atoms with Crippen LogP contribution in [0.25, 0.3) is 0 Å². The first-order valence-corrected chi connectivity index (χ1v) is 7.91. The minimum absolute atomic E-state index is 0.224. The molecule has 2 rings (SSSR count). The Balaban J connectivity index is 1.93. The molecule has 0 spiro atoms. The molecule has 1 amide bonds. The molecule has 2 aromatic rings. The molecule has 0 aliphatic carbocycles. The molecule has 0 heterocycles. The lowest BCUT2D eigenvalue weighted by Gasteiger charge is -2.13. The number of rotatable bonds is 7. The number of nitrogens with one attached hydrogen (secondary N) is 2. The number of methoxy groups -OCH3 is 2. The number of benzene rings is 2. The second kappa shape index (κ2) is 8.73. The number of anilines is 1. The van der Waals surface area contributed by atoms with Crippen LogP contribution in [0.2, 0.25) is 0 Å². The SMILES string of the molecule is COc1ccc(/C=N\NC(=O)[C@H](C)Nc2cccc(C)c2)cc1OC. The minimum Gasteiger partial charge on any atom is -0.493 e. The van der Waals surface area contributed by atoms with Crippen molar-refractivity contribution in [3.63, 3.8) is 0 Å². The van der Waals surface area contributed by atoms with Crippen molar-refractivity contribution in [1.29, 1.82) is 0 Å². The molecule has 0 unspecified atom stereocenters. The summed E-state index contributed by atoms with van der Waals surface area (Å²) in [6.07, 6.45) is 1.55. The van der Waals surface area contributed by atoms with Gasteiger partial charge in [-0.05, 0) is 55.3 Å². The third kappa shape index (κ3) is 5.24. The van der Waals surface area contributed by atoms with Crippen LogP contribution in [0.5, 0.6) is 11.5 Å². The molecule has 0 radical (unpaired) electrons. The van der Waals surface area contributed by atoms with Gasteiger partial charge in [0.25, 0.3) is 5.91 Å². The van der Waals surface area contributed by atoms with Gasteiger partial charge < -0.3 is 14.8 Å². The number of hydrazone groups is 1. The number of hydrogen-bond donors (Lipinski definition) is 2. The van der Waals surface area contributed by atoms with Gasteiger partial charge in [-0.3, -0.25) is 4.79 Å². The number of carbonyl (C=O) groups excluding carboxylic acids is 1. The molecule has 6 heteroatoms. The van der Waals surface area contributed by atoms with Crippen molar-refractivity contribution in [2.45, 2.75) is 19.9 Å².